The van der Waals surface area contributed by atoms with Gasteiger partial charge < -0.3 is 0 Å². The zero-order chi connectivity index (χ0) is 24.6. The van der Waals surface area contributed by atoms with Gasteiger partial charge in [0.2, 0.25) is 0 Å². The first-order valence-corrected chi connectivity index (χ1v) is 13.3. The van der Waals surface area contributed by atoms with Gasteiger partial charge in [-0.15, -0.1) is 11.8 Å². The fourth-order valence-electron chi connectivity index (χ4n) is 4.73. The number of thioether (sulfide) groups is 1. The van der Waals surface area contributed by atoms with Crippen molar-refractivity contribution in [2.24, 2.45) is 9.98 Å². The third kappa shape index (κ3) is 4.70. The normalized spacial score (nSPS) is 15.5. The SMILES string of the molecule is Cc1cccc(C)c1/N=C1/C(=N/CCSc2ccc(C(C)(C)C)cc2)c2cccc3cccc1c23. The molecule has 3 heteroatoms. The van der Waals surface area contributed by atoms with Crippen LogP contribution in [0.2, 0.25) is 0 Å². The van der Waals surface area contributed by atoms with Gasteiger partial charge in [-0.2, -0.15) is 0 Å². The van der Waals surface area contributed by atoms with Crippen LogP contribution in [0.15, 0.2) is 93.7 Å². The van der Waals surface area contributed by atoms with Crippen molar-refractivity contribution in [2.45, 2.75) is 44.9 Å². The first kappa shape index (κ1) is 23.6. The summed E-state index contributed by atoms with van der Waals surface area (Å²) in [6.45, 7) is 11.8. The van der Waals surface area contributed by atoms with Gasteiger partial charge in [-0.05, 0) is 53.5 Å². The van der Waals surface area contributed by atoms with E-state index >= 15 is 0 Å². The number of aliphatic imine (C=N–C) groups is 2. The molecule has 35 heavy (non-hydrogen) atoms. The Balaban J connectivity index is 1.45. The van der Waals surface area contributed by atoms with Crippen LogP contribution in [0.3, 0.4) is 0 Å². The number of aryl methyl sites for hydroxylation is 2. The molecule has 0 heterocycles. The molecular weight excluding hydrogens is 444 g/mol. The number of para-hydroxylation sites is 1. The van der Waals surface area contributed by atoms with Gasteiger partial charge in [0.15, 0.2) is 0 Å². The fraction of sp³-hybridized carbons (Fsp3) is 0.250. The van der Waals surface area contributed by atoms with Crippen molar-refractivity contribution in [1.82, 2.24) is 0 Å². The minimum Gasteiger partial charge on any atom is -0.282 e. The third-order valence-corrected chi connectivity index (χ3v) is 7.64. The van der Waals surface area contributed by atoms with E-state index in [0.717, 1.165) is 29.4 Å². The van der Waals surface area contributed by atoms with Crippen LogP contribution in [0.1, 0.15) is 48.6 Å². The number of rotatable bonds is 5. The van der Waals surface area contributed by atoms with E-state index in [1.54, 1.807) is 0 Å². The summed E-state index contributed by atoms with van der Waals surface area (Å²) in [5.41, 5.74) is 9.37. The van der Waals surface area contributed by atoms with Gasteiger partial charge in [-0.1, -0.05) is 87.5 Å². The van der Waals surface area contributed by atoms with Crippen LogP contribution in [0.25, 0.3) is 10.8 Å². The minimum atomic E-state index is 0.179. The lowest BCUT2D eigenvalue weighted by Gasteiger charge is -2.19. The lowest BCUT2D eigenvalue weighted by Crippen LogP contribution is -2.12. The van der Waals surface area contributed by atoms with E-state index in [1.807, 2.05) is 11.8 Å². The molecule has 4 aromatic rings. The second-order valence-electron chi connectivity index (χ2n) is 10.3. The summed E-state index contributed by atoms with van der Waals surface area (Å²) in [7, 11) is 0. The van der Waals surface area contributed by atoms with Gasteiger partial charge in [0.05, 0.1) is 17.1 Å². The van der Waals surface area contributed by atoms with Gasteiger partial charge in [0.1, 0.15) is 0 Å². The van der Waals surface area contributed by atoms with E-state index in [1.165, 1.54) is 43.5 Å². The molecule has 0 amide bonds. The number of benzene rings is 4. The molecule has 0 saturated carbocycles. The molecule has 4 aromatic carbocycles. The molecule has 2 nitrogen and oxygen atoms in total. The Bertz CT molecular complexity index is 1430. The molecule has 0 saturated heterocycles. The Morgan fingerprint density at radius 1 is 0.714 bits per heavy atom. The monoisotopic (exact) mass is 476 g/mol. The van der Waals surface area contributed by atoms with E-state index in [4.69, 9.17) is 9.98 Å². The van der Waals surface area contributed by atoms with E-state index < -0.39 is 0 Å². The van der Waals surface area contributed by atoms with Crippen LogP contribution in [0.5, 0.6) is 0 Å². The van der Waals surface area contributed by atoms with Gasteiger partial charge in [0, 0.05) is 33.7 Å². The summed E-state index contributed by atoms with van der Waals surface area (Å²) in [5, 5.41) is 2.51. The highest BCUT2D eigenvalue weighted by molar-refractivity contribution is 7.99. The summed E-state index contributed by atoms with van der Waals surface area (Å²) in [5.74, 6) is 0.932. The van der Waals surface area contributed by atoms with E-state index in [2.05, 4.69) is 113 Å². The first-order valence-electron chi connectivity index (χ1n) is 12.3. The standard InChI is InChI=1S/C32H32N2S/c1-21-9-6-10-22(2)29(21)34-31-27-14-8-12-23-11-7-13-26(28(23)27)30(31)33-19-20-35-25-17-15-24(16-18-25)32(3,4)5/h6-18H,19-20H2,1-5H3/b33-30+,34-31+. The van der Waals surface area contributed by atoms with Crippen molar-refractivity contribution in [3.05, 3.63) is 107 Å². The Hall–Kier alpha value is -3.17. The maximum absolute atomic E-state index is 5.23. The van der Waals surface area contributed by atoms with E-state index in [-0.39, 0.29) is 5.41 Å². The van der Waals surface area contributed by atoms with Gasteiger partial charge in [0.25, 0.3) is 0 Å². The van der Waals surface area contributed by atoms with Gasteiger partial charge in [-0.3, -0.25) is 4.99 Å². The van der Waals surface area contributed by atoms with Gasteiger partial charge >= 0.3 is 0 Å². The van der Waals surface area contributed by atoms with Crippen molar-refractivity contribution in [1.29, 1.82) is 0 Å². The molecule has 176 valence electrons. The van der Waals surface area contributed by atoms with Crippen LogP contribution in [-0.4, -0.2) is 23.7 Å². The molecule has 1 aliphatic carbocycles. The van der Waals surface area contributed by atoms with Crippen molar-refractivity contribution in [2.75, 3.05) is 12.3 Å². The molecule has 0 aliphatic heterocycles. The van der Waals surface area contributed by atoms with Crippen LogP contribution >= 0.6 is 11.8 Å². The van der Waals surface area contributed by atoms with Crippen molar-refractivity contribution in [3.63, 3.8) is 0 Å². The Kier molecular flexibility index (Phi) is 6.37. The molecule has 0 aromatic heterocycles. The highest BCUT2D eigenvalue weighted by Gasteiger charge is 2.27. The first-order chi connectivity index (χ1) is 16.8. The molecule has 0 spiro atoms. The summed E-state index contributed by atoms with van der Waals surface area (Å²) >= 11 is 1.86. The third-order valence-electron chi connectivity index (χ3n) is 6.65. The Morgan fingerprint density at radius 3 is 1.94 bits per heavy atom. The van der Waals surface area contributed by atoms with Crippen molar-refractivity contribution in [3.8, 4) is 0 Å². The molecule has 5 rings (SSSR count). The lowest BCUT2D eigenvalue weighted by atomic mass is 9.87. The highest BCUT2D eigenvalue weighted by atomic mass is 32.2. The minimum absolute atomic E-state index is 0.179. The smallest absolute Gasteiger partial charge is 0.0974 e. The average molecular weight is 477 g/mol. The zero-order valence-corrected chi connectivity index (χ0v) is 22.0. The maximum atomic E-state index is 5.23. The Morgan fingerprint density at radius 2 is 1.31 bits per heavy atom. The molecule has 0 radical (unpaired) electrons. The fourth-order valence-corrected chi connectivity index (χ4v) is 5.48. The molecule has 1 aliphatic rings. The topological polar surface area (TPSA) is 24.7 Å². The van der Waals surface area contributed by atoms with Crippen LogP contribution < -0.4 is 0 Å². The molecule has 0 bridgehead atoms. The second kappa shape index (κ2) is 9.47. The highest BCUT2D eigenvalue weighted by Crippen LogP contribution is 2.34. The second-order valence-corrected chi connectivity index (χ2v) is 11.4. The van der Waals surface area contributed by atoms with E-state index in [9.17, 15) is 0 Å². The van der Waals surface area contributed by atoms with Crippen LogP contribution in [0.4, 0.5) is 5.69 Å². The number of nitrogens with zero attached hydrogens (tertiary/aromatic N) is 2. The molecule has 0 atom stereocenters. The molecular formula is C32H32N2S. The summed E-state index contributed by atoms with van der Waals surface area (Å²) in [6, 6.07) is 28.3. The predicted molar refractivity (Wildman–Crippen MR) is 153 cm³/mol. The molecule has 0 N–H and O–H groups in total. The largest absolute Gasteiger partial charge is 0.282 e. The summed E-state index contributed by atoms with van der Waals surface area (Å²) < 4.78 is 0. The van der Waals surface area contributed by atoms with Crippen LogP contribution in [0, 0.1) is 13.8 Å². The van der Waals surface area contributed by atoms with Crippen LogP contribution in [-0.2, 0) is 5.41 Å². The zero-order valence-electron chi connectivity index (χ0n) is 21.2. The molecule has 0 fully saturated rings. The quantitative estimate of drug-likeness (QED) is 0.209. The summed E-state index contributed by atoms with van der Waals surface area (Å²) in [6.07, 6.45) is 0. The Labute approximate surface area is 213 Å². The number of hydrogen-bond acceptors (Lipinski definition) is 3. The van der Waals surface area contributed by atoms with Crippen molar-refractivity contribution >= 4 is 39.6 Å². The predicted octanol–water partition coefficient (Wildman–Crippen LogP) is 8.47. The lowest BCUT2D eigenvalue weighted by molar-refractivity contribution is 0.590. The number of hydrogen-bond donors (Lipinski definition) is 0. The van der Waals surface area contributed by atoms with Gasteiger partial charge in [-0.25, -0.2) is 4.99 Å². The summed E-state index contributed by atoms with van der Waals surface area (Å²) in [4.78, 5) is 11.7. The van der Waals surface area contributed by atoms with E-state index in [0.29, 0.717) is 0 Å². The molecule has 0 unspecified atom stereocenters. The van der Waals surface area contributed by atoms with Crippen molar-refractivity contribution < 1.29 is 0 Å². The average Bonchev–Trinajstić information content (AvgIpc) is 3.13. The maximum Gasteiger partial charge on any atom is 0.0974 e.